The van der Waals surface area contributed by atoms with Crippen LogP contribution in [0.3, 0.4) is 0 Å². The highest BCUT2D eigenvalue weighted by Gasteiger charge is 1.90. The van der Waals surface area contributed by atoms with E-state index in [2.05, 4.69) is 73.6 Å². The van der Waals surface area contributed by atoms with Gasteiger partial charge in [-0.2, -0.15) is 0 Å². The SMILES string of the molecule is [Si]c1cc(I)cc(I)c1. The summed E-state index contributed by atoms with van der Waals surface area (Å²) in [6, 6.07) is 6.30. The lowest BCUT2D eigenvalue weighted by Crippen LogP contribution is -2.02. The molecule has 0 aliphatic heterocycles. The molecule has 0 unspecified atom stereocenters. The van der Waals surface area contributed by atoms with Gasteiger partial charge < -0.3 is 0 Å². The van der Waals surface area contributed by atoms with Crippen LogP contribution < -0.4 is 5.19 Å². The van der Waals surface area contributed by atoms with Gasteiger partial charge in [-0.3, -0.25) is 0 Å². The summed E-state index contributed by atoms with van der Waals surface area (Å²) in [6.07, 6.45) is 0. The summed E-state index contributed by atoms with van der Waals surface area (Å²) < 4.78 is 2.54. The molecule has 3 heteroatoms. The number of hydrogen-bond acceptors (Lipinski definition) is 0. The first-order valence-electron chi connectivity index (χ1n) is 2.36. The summed E-state index contributed by atoms with van der Waals surface area (Å²) in [5.41, 5.74) is 0. The first kappa shape index (κ1) is 8.00. The van der Waals surface area contributed by atoms with Crippen molar-refractivity contribution >= 4 is 60.6 Å². The molecule has 0 aliphatic carbocycles. The second-order valence-electron chi connectivity index (χ2n) is 1.66. The number of rotatable bonds is 0. The fraction of sp³-hybridized carbons (Fsp3) is 0. The predicted octanol–water partition coefficient (Wildman–Crippen LogP) is 1.69. The monoisotopic (exact) mass is 357 g/mol. The van der Waals surface area contributed by atoms with Crippen LogP contribution in [0.4, 0.5) is 0 Å². The third-order valence-corrected chi connectivity index (χ3v) is 2.40. The van der Waals surface area contributed by atoms with Gasteiger partial charge in [0.25, 0.3) is 0 Å². The van der Waals surface area contributed by atoms with E-state index in [1.54, 1.807) is 0 Å². The zero-order chi connectivity index (χ0) is 6.85. The maximum atomic E-state index is 3.45. The third kappa shape index (κ3) is 2.54. The van der Waals surface area contributed by atoms with Gasteiger partial charge in [-0.15, -0.1) is 0 Å². The van der Waals surface area contributed by atoms with E-state index in [0.717, 1.165) is 5.19 Å². The van der Waals surface area contributed by atoms with E-state index in [1.807, 2.05) is 0 Å². The Kier molecular flexibility index (Phi) is 2.96. The maximum Gasteiger partial charge on any atom is 0.0712 e. The summed E-state index contributed by atoms with van der Waals surface area (Å²) in [4.78, 5) is 0. The van der Waals surface area contributed by atoms with Crippen molar-refractivity contribution in [3.63, 3.8) is 0 Å². The van der Waals surface area contributed by atoms with Crippen molar-refractivity contribution in [3.05, 3.63) is 25.3 Å². The lowest BCUT2D eigenvalue weighted by Gasteiger charge is -1.94. The quantitative estimate of drug-likeness (QED) is 0.490. The van der Waals surface area contributed by atoms with Gasteiger partial charge in [0, 0.05) is 7.14 Å². The third-order valence-electron chi connectivity index (χ3n) is 0.863. The molecule has 0 fully saturated rings. The van der Waals surface area contributed by atoms with Crippen molar-refractivity contribution in [2.75, 3.05) is 0 Å². The molecule has 0 bridgehead atoms. The molecule has 0 amide bonds. The fourth-order valence-corrected chi connectivity index (χ4v) is 3.39. The van der Waals surface area contributed by atoms with Gasteiger partial charge in [0.15, 0.2) is 0 Å². The minimum absolute atomic E-state index is 1.14. The van der Waals surface area contributed by atoms with E-state index >= 15 is 0 Å². The van der Waals surface area contributed by atoms with Gasteiger partial charge in [0.05, 0.1) is 10.2 Å². The minimum atomic E-state index is 1.14. The molecule has 1 aromatic carbocycles. The van der Waals surface area contributed by atoms with Gasteiger partial charge in [-0.05, 0) is 51.2 Å². The van der Waals surface area contributed by atoms with Crippen LogP contribution in [0, 0.1) is 7.14 Å². The van der Waals surface area contributed by atoms with Crippen LogP contribution in [0.2, 0.25) is 0 Å². The topological polar surface area (TPSA) is 0 Å². The smallest absolute Gasteiger partial charge is 0.0653 e. The summed E-state index contributed by atoms with van der Waals surface area (Å²) >= 11 is 4.59. The second-order valence-corrected chi connectivity index (χ2v) is 4.73. The van der Waals surface area contributed by atoms with Crippen LogP contribution in [0.5, 0.6) is 0 Å². The molecule has 0 nitrogen and oxygen atoms in total. The molecule has 0 aromatic heterocycles. The van der Waals surface area contributed by atoms with E-state index in [-0.39, 0.29) is 0 Å². The Bertz CT molecular complexity index is 172. The summed E-state index contributed by atoms with van der Waals surface area (Å²) in [5, 5.41) is 1.14. The molecule has 0 heterocycles. The molecule has 1 aromatic rings. The van der Waals surface area contributed by atoms with Crippen LogP contribution >= 0.6 is 45.2 Å². The van der Waals surface area contributed by atoms with Crippen molar-refractivity contribution in [2.24, 2.45) is 0 Å². The Morgan fingerprint density at radius 1 is 1.00 bits per heavy atom. The van der Waals surface area contributed by atoms with Gasteiger partial charge >= 0.3 is 0 Å². The van der Waals surface area contributed by atoms with Crippen LogP contribution in [-0.4, -0.2) is 10.2 Å². The average Bonchev–Trinajstić information content (AvgIpc) is 1.59. The molecule has 0 saturated carbocycles. The van der Waals surface area contributed by atoms with E-state index in [4.69, 9.17) is 0 Å². The van der Waals surface area contributed by atoms with Crippen molar-refractivity contribution < 1.29 is 0 Å². The lowest BCUT2D eigenvalue weighted by molar-refractivity contribution is 1.64. The molecule has 0 aliphatic rings. The molecule has 45 valence electrons. The number of halogens is 2. The Balaban J connectivity index is 3.17. The van der Waals surface area contributed by atoms with Gasteiger partial charge in [-0.25, -0.2) is 0 Å². The normalized spacial score (nSPS) is 9.67. The Morgan fingerprint density at radius 2 is 1.44 bits per heavy atom. The Morgan fingerprint density at radius 3 is 1.78 bits per heavy atom. The van der Waals surface area contributed by atoms with E-state index < -0.39 is 0 Å². The Labute approximate surface area is 85.1 Å². The highest BCUT2D eigenvalue weighted by molar-refractivity contribution is 14.1. The molecule has 1 rings (SSSR count). The fourth-order valence-electron chi connectivity index (χ4n) is 0.554. The Hall–Kier alpha value is 0.897. The first-order chi connectivity index (χ1) is 4.18. The summed E-state index contributed by atoms with van der Waals surface area (Å²) in [5.74, 6) is 0. The molecular formula is C6H3I2Si. The number of benzene rings is 1. The van der Waals surface area contributed by atoms with E-state index in [0.29, 0.717) is 0 Å². The van der Waals surface area contributed by atoms with Gasteiger partial charge in [0.2, 0.25) is 0 Å². The first-order valence-corrected chi connectivity index (χ1v) is 5.02. The molecule has 0 atom stereocenters. The van der Waals surface area contributed by atoms with Crippen LogP contribution in [0.1, 0.15) is 0 Å². The molecule has 3 radical (unpaired) electrons. The predicted molar refractivity (Wildman–Crippen MR) is 57.3 cm³/mol. The van der Waals surface area contributed by atoms with Crippen molar-refractivity contribution in [1.82, 2.24) is 0 Å². The second kappa shape index (κ2) is 3.34. The van der Waals surface area contributed by atoms with Gasteiger partial charge in [-0.1, -0.05) is 17.3 Å². The zero-order valence-corrected chi connectivity index (χ0v) is 9.80. The summed E-state index contributed by atoms with van der Waals surface area (Å²) in [7, 11) is 3.45. The highest BCUT2D eigenvalue weighted by atomic mass is 127. The van der Waals surface area contributed by atoms with Gasteiger partial charge in [0.1, 0.15) is 0 Å². The molecule has 0 saturated heterocycles. The molecular weight excluding hydrogens is 354 g/mol. The number of hydrogen-bond donors (Lipinski definition) is 0. The molecule has 0 spiro atoms. The van der Waals surface area contributed by atoms with Crippen LogP contribution in [0.25, 0.3) is 0 Å². The molecule has 0 N–H and O–H groups in total. The van der Waals surface area contributed by atoms with Crippen LogP contribution in [-0.2, 0) is 0 Å². The average molecular weight is 357 g/mol. The van der Waals surface area contributed by atoms with Crippen LogP contribution in [0.15, 0.2) is 18.2 Å². The largest absolute Gasteiger partial charge is 0.0712 e. The highest BCUT2D eigenvalue weighted by Crippen LogP contribution is 2.07. The van der Waals surface area contributed by atoms with Crippen molar-refractivity contribution in [3.8, 4) is 0 Å². The molecule has 9 heavy (non-hydrogen) atoms. The van der Waals surface area contributed by atoms with E-state index in [9.17, 15) is 0 Å². The standard InChI is InChI=1S/C6H3I2Si/c7-4-1-5(8)3-6(9)2-4/h1-3H. The minimum Gasteiger partial charge on any atom is -0.0653 e. The maximum absolute atomic E-state index is 3.45. The summed E-state index contributed by atoms with van der Waals surface area (Å²) in [6.45, 7) is 0. The van der Waals surface area contributed by atoms with E-state index in [1.165, 1.54) is 7.14 Å². The van der Waals surface area contributed by atoms with Crippen molar-refractivity contribution in [1.29, 1.82) is 0 Å². The van der Waals surface area contributed by atoms with Crippen molar-refractivity contribution in [2.45, 2.75) is 0 Å². The zero-order valence-electron chi connectivity index (χ0n) is 4.49. The lowest BCUT2D eigenvalue weighted by atomic mass is 10.4.